The maximum absolute atomic E-state index is 12.2. The Morgan fingerprint density at radius 3 is 2.53 bits per heavy atom. The molecule has 0 aliphatic heterocycles. The lowest BCUT2D eigenvalue weighted by molar-refractivity contribution is -0.121. The summed E-state index contributed by atoms with van der Waals surface area (Å²) in [5.74, 6) is 0.564. The van der Waals surface area contributed by atoms with Gasteiger partial charge < -0.3 is 0 Å². The molecule has 2 aliphatic carbocycles. The summed E-state index contributed by atoms with van der Waals surface area (Å²) < 4.78 is 0. The Morgan fingerprint density at radius 2 is 2.00 bits per heavy atom. The summed E-state index contributed by atoms with van der Waals surface area (Å²) in [5, 5.41) is 0. The normalized spacial score (nSPS) is 32.5. The molecule has 0 heterocycles. The fraction of sp³-hybridized carbons (Fsp3) is 0.385. The van der Waals surface area contributed by atoms with Crippen molar-refractivity contribution in [3.8, 4) is 0 Å². The summed E-state index contributed by atoms with van der Waals surface area (Å²) in [7, 11) is 0. The first-order valence-corrected chi connectivity index (χ1v) is 5.38. The minimum atomic E-state index is -0.596. The Bertz CT molecular complexity index is 435. The molecule has 2 aliphatic rings. The molecular weight excluding hydrogens is 188 g/mol. The van der Waals surface area contributed by atoms with E-state index >= 15 is 0 Å². The third-order valence-electron chi connectivity index (χ3n) is 3.76. The van der Waals surface area contributed by atoms with Crippen molar-refractivity contribution in [3.63, 3.8) is 0 Å². The molecule has 15 heavy (non-hydrogen) atoms. The molecule has 2 atom stereocenters. The summed E-state index contributed by atoms with van der Waals surface area (Å²) in [5.41, 5.74) is 0.0942. The third kappa shape index (κ3) is 1.05. The van der Waals surface area contributed by atoms with E-state index < -0.39 is 5.41 Å². The molecule has 0 aromatic heterocycles. The maximum atomic E-state index is 12.2. The number of hydrogen-bond donors (Lipinski definition) is 0. The van der Waals surface area contributed by atoms with Crippen LogP contribution in [0.15, 0.2) is 30.3 Å². The van der Waals surface area contributed by atoms with Gasteiger partial charge in [-0.15, -0.1) is 0 Å². The molecule has 1 aromatic carbocycles. The summed E-state index contributed by atoms with van der Waals surface area (Å²) in [4.78, 5) is 23.9. The van der Waals surface area contributed by atoms with Crippen LogP contribution in [0.1, 0.15) is 29.6 Å². The zero-order valence-electron chi connectivity index (χ0n) is 8.40. The van der Waals surface area contributed by atoms with Gasteiger partial charge in [0.1, 0.15) is 5.78 Å². The number of fused-ring (bicyclic) bond motifs is 1. The predicted octanol–water partition coefficient (Wildman–Crippen LogP) is 2.24. The van der Waals surface area contributed by atoms with Gasteiger partial charge in [0.05, 0.1) is 5.41 Å². The van der Waals surface area contributed by atoms with E-state index in [9.17, 15) is 9.59 Å². The summed E-state index contributed by atoms with van der Waals surface area (Å²) in [6, 6.07) is 9.19. The van der Waals surface area contributed by atoms with Crippen molar-refractivity contribution in [1.29, 1.82) is 0 Å². The Morgan fingerprint density at radius 1 is 1.27 bits per heavy atom. The van der Waals surface area contributed by atoms with Crippen molar-refractivity contribution in [1.82, 2.24) is 0 Å². The van der Waals surface area contributed by atoms with Crippen molar-refractivity contribution in [2.45, 2.75) is 19.3 Å². The first-order valence-electron chi connectivity index (χ1n) is 5.38. The number of carbonyl (C=O) groups excluding carboxylic acids is 2. The smallest absolute Gasteiger partial charge is 0.176 e. The average molecular weight is 200 g/mol. The van der Waals surface area contributed by atoms with Gasteiger partial charge in [0, 0.05) is 12.0 Å². The van der Waals surface area contributed by atoms with Crippen LogP contribution in [0.3, 0.4) is 0 Å². The molecule has 0 bridgehead atoms. The first kappa shape index (κ1) is 8.84. The van der Waals surface area contributed by atoms with Crippen LogP contribution in [0.5, 0.6) is 0 Å². The summed E-state index contributed by atoms with van der Waals surface area (Å²) in [6.07, 6.45) is 2.31. The van der Waals surface area contributed by atoms with Crippen molar-refractivity contribution < 1.29 is 9.59 Å². The highest BCUT2D eigenvalue weighted by atomic mass is 16.2. The highest BCUT2D eigenvalue weighted by molar-refractivity contribution is 6.18. The summed E-state index contributed by atoms with van der Waals surface area (Å²) >= 11 is 0. The lowest BCUT2D eigenvalue weighted by Crippen LogP contribution is -2.23. The maximum Gasteiger partial charge on any atom is 0.176 e. The molecular formula is C13H12O2. The quantitative estimate of drug-likeness (QED) is 0.542. The topological polar surface area (TPSA) is 34.1 Å². The molecule has 1 aromatic rings. The van der Waals surface area contributed by atoms with Gasteiger partial charge >= 0.3 is 0 Å². The monoisotopic (exact) mass is 200 g/mol. The van der Waals surface area contributed by atoms with Crippen LogP contribution in [-0.2, 0) is 4.79 Å². The van der Waals surface area contributed by atoms with Crippen molar-refractivity contribution in [2.75, 3.05) is 0 Å². The number of ketones is 2. The van der Waals surface area contributed by atoms with Crippen molar-refractivity contribution in [3.05, 3.63) is 35.9 Å². The Hall–Kier alpha value is -1.44. The van der Waals surface area contributed by atoms with Gasteiger partial charge in [0.15, 0.2) is 5.78 Å². The van der Waals surface area contributed by atoms with Gasteiger partial charge in [-0.25, -0.2) is 0 Å². The van der Waals surface area contributed by atoms with Gasteiger partial charge in [-0.05, 0) is 18.8 Å². The summed E-state index contributed by atoms with van der Waals surface area (Å²) in [6.45, 7) is 0. The fourth-order valence-corrected chi connectivity index (χ4v) is 2.80. The van der Waals surface area contributed by atoms with Crippen LogP contribution in [-0.4, -0.2) is 11.6 Å². The number of rotatable bonds is 2. The molecule has 0 amide bonds. The number of benzene rings is 1. The van der Waals surface area contributed by atoms with Gasteiger partial charge in [-0.3, -0.25) is 9.59 Å². The SMILES string of the molecule is O=C1CCC2CC12C(=O)c1ccccc1. The molecule has 0 spiro atoms. The third-order valence-corrected chi connectivity index (χ3v) is 3.76. The molecule has 2 saturated carbocycles. The lowest BCUT2D eigenvalue weighted by atomic mass is 9.91. The van der Waals surface area contributed by atoms with E-state index in [2.05, 4.69) is 0 Å². The highest BCUT2D eigenvalue weighted by Crippen LogP contribution is 2.62. The van der Waals surface area contributed by atoms with Gasteiger partial charge in [0.25, 0.3) is 0 Å². The van der Waals surface area contributed by atoms with Gasteiger partial charge in [-0.1, -0.05) is 30.3 Å². The van der Waals surface area contributed by atoms with Gasteiger partial charge in [-0.2, -0.15) is 0 Å². The Labute approximate surface area is 88.3 Å². The second kappa shape index (κ2) is 2.78. The first-order chi connectivity index (χ1) is 7.25. The van der Waals surface area contributed by atoms with E-state index in [1.807, 2.05) is 18.2 Å². The standard InChI is InChI=1S/C13H12O2/c14-11-7-6-10-8-13(10,11)12(15)9-4-2-1-3-5-9/h1-5,10H,6-8H2. The molecule has 2 fully saturated rings. The predicted molar refractivity (Wildman–Crippen MR) is 55.6 cm³/mol. The molecule has 0 radical (unpaired) electrons. The van der Waals surface area contributed by atoms with E-state index in [1.54, 1.807) is 12.1 Å². The lowest BCUT2D eigenvalue weighted by Gasteiger charge is -2.08. The molecule has 3 rings (SSSR count). The van der Waals surface area contributed by atoms with Crippen molar-refractivity contribution >= 4 is 11.6 Å². The van der Waals surface area contributed by atoms with E-state index in [1.165, 1.54) is 0 Å². The van der Waals surface area contributed by atoms with Crippen molar-refractivity contribution in [2.24, 2.45) is 11.3 Å². The van der Waals surface area contributed by atoms with Crippen LogP contribution >= 0.6 is 0 Å². The van der Waals surface area contributed by atoms with E-state index in [0.29, 0.717) is 17.9 Å². The molecule has 0 N–H and O–H groups in total. The molecule has 2 heteroatoms. The fourth-order valence-electron chi connectivity index (χ4n) is 2.80. The molecule has 2 nitrogen and oxygen atoms in total. The molecule has 76 valence electrons. The molecule has 2 unspecified atom stereocenters. The minimum Gasteiger partial charge on any atom is -0.299 e. The van der Waals surface area contributed by atoms with E-state index in [4.69, 9.17) is 0 Å². The van der Waals surface area contributed by atoms with Crippen LogP contribution in [0.25, 0.3) is 0 Å². The minimum absolute atomic E-state index is 0.0515. The second-order valence-corrected chi connectivity index (χ2v) is 4.53. The Balaban J connectivity index is 1.97. The van der Waals surface area contributed by atoms with E-state index in [-0.39, 0.29) is 11.6 Å². The highest BCUT2D eigenvalue weighted by Gasteiger charge is 2.67. The van der Waals surface area contributed by atoms with Crippen LogP contribution in [0.2, 0.25) is 0 Å². The zero-order valence-corrected chi connectivity index (χ0v) is 8.40. The van der Waals surface area contributed by atoms with E-state index in [0.717, 1.165) is 12.8 Å². The second-order valence-electron chi connectivity index (χ2n) is 4.53. The zero-order chi connectivity index (χ0) is 10.5. The number of carbonyl (C=O) groups is 2. The van der Waals surface area contributed by atoms with Crippen LogP contribution in [0.4, 0.5) is 0 Å². The number of hydrogen-bond acceptors (Lipinski definition) is 2. The Kier molecular flexibility index (Phi) is 1.64. The van der Waals surface area contributed by atoms with Crippen LogP contribution in [0, 0.1) is 11.3 Å². The van der Waals surface area contributed by atoms with Gasteiger partial charge in [0.2, 0.25) is 0 Å². The largest absolute Gasteiger partial charge is 0.299 e. The number of Topliss-reactive ketones (excluding diaryl/α,β-unsaturated/α-hetero) is 2. The average Bonchev–Trinajstić information content (AvgIpc) is 2.94. The van der Waals surface area contributed by atoms with Crippen LogP contribution < -0.4 is 0 Å². The molecule has 0 saturated heterocycles.